The van der Waals surface area contributed by atoms with Crippen LogP contribution >= 0.6 is 12.2 Å². The maximum atomic E-state index is 12.5. The van der Waals surface area contributed by atoms with Crippen molar-refractivity contribution in [3.05, 3.63) is 103 Å². The van der Waals surface area contributed by atoms with Gasteiger partial charge in [-0.05, 0) is 61.1 Å². The summed E-state index contributed by atoms with van der Waals surface area (Å²) in [5.41, 5.74) is 0.837. The van der Waals surface area contributed by atoms with Crippen molar-refractivity contribution in [1.82, 2.24) is 14.9 Å². The van der Waals surface area contributed by atoms with E-state index in [2.05, 4.69) is 15.6 Å². The summed E-state index contributed by atoms with van der Waals surface area (Å²) in [6.07, 6.45) is -0.948. The maximum absolute atomic E-state index is 12.5. The maximum Gasteiger partial charge on any atom is 0.336 e. The number of phenols is 1. The van der Waals surface area contributed by atoms with Crippen LogP contribution in [0.2, 0.25) is 0 Å². The number of thiocarbonyl (C=S) groups is 1. The number of aromatic hydroxyl groups is 1. The van der Waals surface area contributed by atoms with E-state index in [1.54, 1.807) is 31.2 Å². The molecule has 2 aliphatic heterocycles. The fourth-order valence-corrected chi connectivity index (χ4v) is 5.61. The number of rotatable bonds is 6. The van der Waals surface area contributed by atoms with E-state index in [-0.39, 0.29) is 46.2 Å². The minimum Gasteiger partial charge on any atom is -0.508 e. The van der Waals surface area contributed by atoms with Gasteiger partial charge in [0.05, 0.1) is 11.7 Å². The number of phenolic OH excluding ortho intramolecular Hbond substituents is 1. The van der Waals surface area contributed by atoms with Gasteiger partial charge in [-0.1, -0.05) is 6.07 Å². The highest BCUT2D eigenvalue weighted by Gasteiger charge is 2.35. The number of anilines is 1. The van der Waals surface area contributed by atoms with Crippen LogP contribution in [-0.2, 0) is 4.74 Å². The topological polar surface area (TPSA) is 196 Å². The molecule has 3 atom stereocenters. The van der Waals surface area contributed by atoms with E-state index in [4.69, 9.17) is 21.4 Å². The average Bonchev–Trinajstić information content (AvgIpc) is 3.36. The van der Waals surface area contributed by atoms with Gasteiger partial charge in [-0.25, -0.2) is 9.59 Å². The number of aromatic amines is 1. The summed E-state index contributed by atoms with van der Waals surface area (Å²) in [6.45, 7) is 1.63. The molecule has 0 saturated carbocycles. The molecule has 1 aromatic heterocycles. The van der Waals surface area contributed by atoms with E-state index >= 15 is 0 Å². The van der Waals surface area contributed by atoms with Crippen LogP contribution in [0.5, 0.6) is 5.75 Å². The summed E-state index contributed by atoms with van der Waals surface area (Å²) in [7, 11) is 0. The van der Waals surface area contributed by atoms with Gasteiger partial charge in [0.15, 0.2) is 10.5 Å². The van der Waals surface area contributed by atoms with Gasteiger partial charge in [-0.2, -0.15) is 0 Å². The van der Waals surface area contributed by atoms with E-state index in [1.807, 2.05) is 0 Å². The second-order valence-electron chi connectivity index (χ2n) is 10.6. The number of benzene rings is 3. The Morgan fingerprint density at radius 3 is 2.64 bits per heavy atom. The van der Waals surface area contributed by atoms with Crippen LogP contribution in [0.15, 0.2) is 79.6 Å². The Hall–Kier alpha value is -5.31. The Morgan fingerprint density at radius 2 is 1.87 bits per heavy atom. The summed E-state index contributed by atoms with van der Waals surface area (Å²) in [6, 6.07) is 13.4. The van der Waals surface area contributed by atoms with Crippen molar-refractivity contribution in [2.45, 2.75) is 31.8 Å². The van der Waals surface area contributed by atoms with Gasteiger partial charge in [0.25, 0.3) is 5.56 Å². The molecule has 6 N–H and O–H groups in total. The molecule has 1 fully saturated rings. The van der Waals surface area contributed by atoms with E-state index in [9.17, 15) is 34.5 Å². The van der Waals surface area contributed by atoms with Gasteiger partial charge in [-0.15, -0.1) is 0 Å². The molecular formula is C31H26N4O9S. The van der Waals surface area contributed by atoms with E-state index < -0.39 is 35.7 Å². The van der Waals surface area contributed by atoms with Crippen LogP contribution in [0.3, 0.4) is 0 Å². The standard InChI is InChI=1S/C31H26N4O9S/c1-14-13-35(31(42)34-28(14)39)26-11-22(38)25(44-26)12-32-30(45)33-15-2-5-18(21(8-15)29(40)41)27-19-6-3-16(36)9-23(19)43-24-10-17(37)4-7-20(24)27/h2-10,13,22,25-26,36,38H,11-12H2,1H3,(H,40,41)(H2,32,33,45)(H,34,39,42)/t22-,25+,26-/m0/s1. The fraction of sp³-hybridized carbons (Fsp3) is 0.194. The van der Waals surface area contributed by atoms with Gasteiger partial charge in [0.2, 0.25) is 0 Å². The third-order valence-electron chi connectivity index (χ3n) is 7.58. The molecule has 2 aromatic carbocycles. The largest absolute Gasteiger partial charge is 0.508 e. The zero-order chi connectivity index (χ0) is 32.0. The molecule has 0 unspecified atom stereocenters. The summed E-state index contributed by atoms with van der Waals surface area (Å²) in [5, 5.41) is 37.3. The zero-order valence-electron chi connectivity index (χ0n) is 23.6. The van der Waals surface area contributed by atoms with Crippen molar-refractivity contribution in [3.63, 3.8) is 0 Å². The minimum atomic E-state index is -1.21. The second kappa shape index (κ2) is 11.6. The van der Waals surface area contributed by atoms with Crippen LogP contribution in [0.1, 0.15) is 28.6 Å². The number of ether oxygens (including phenoxy) is 1. The molecule has 3 heterocycles. The first-order valence-corrected chi connectivity index (χ1v) is 14.2. The summed E-state index contributed by atoms with van der Waals surface area (Å²) < 4.78 is 12.9. The Morgan fingerprint density at radius 1 is 1.09 bits per heavy atom. The molecule has 0 radical (unpaired) electrons. The van der Waals surface area contributed by atoms with Crippen LogP contribution < -0.4 is 27.3 Å². The Balaban J connectivity index is 1.23. The lowest BCUT2D eigenvalue weighted by Gasteiger charge is -2.19. The number of nitrogens with zero attached hydrogens (tertiary/aromatic N) is 1. The van der Waals surface area contributed by atoms with Crippen molar-refractivity contribution in [2.24, 2.45) is 0 Å². The predicted octanol–water partition coefficient (Wildman–Crippen LogP) is 2.76. The number of hydrogen-bond acceptors (Lipinski definition) is 9. The molecule has 6 rings (SSSR count). The number of fused-ring (bicyclic) bond motifs is 2. The SMILES string of the molecule is Cc1cn([C@@H]2C[C@H](O)[C@@H](CNC(=S)Nc3ccc(-c4c5ccc(=O)cc-5oc5cc(O)ccc45)c(C(=O)O)c3)O2)c(=O)[nH]c1=O. The first-order chi connectivity index (χ1) is 21.5. The predicted molar refractivity (Wildman–Crippen MR) is 168 cm³/mol. The molecule has 0 amide bonds. The monoisotopic (exact) mass is 630 g/mol. The van der Waals surface area contributed by atoms with E-state index in [0.717, 1.165) is 0 Å². The van der Waals surface area contributed by atoms with Gasteiger partial charge in [0, 0.05) is 59.1 Å². The number of hydrogen-bond donors (Lipinski definition) is 6. The number of carbonyl (C=O) groups is 1. The zero-order valence-corrected chi connectivity index (χ0v) is 24.4. The lowest BCUT2D eigenvalue weighted by molar-refractivity contribution is -0.0172. The van der Waals surface area contributed by atoms with Crippen molar-refractivity contribution >= 4 is 40.0 Å². The number of aromatic carboxylic acids is 1. The first kappa shape index (κ1) is 29.7. The molecule has 13 nitrogen and oxygen atoms in total. The number of aliphatic hydroxyl groups is 1. The van der Waals surface area contributed by atoms with Crippen LogP contribution in [0, 0.1) is 6.92 Å². The quantitative estimate of drug-likeness (QED) is 0.119. The molecule has 1 saturated heterocycles. The first-order valence-electron chi connectivity index (χ1n) is 13.8. The molecule has 230 valence electrons. The number of aryl methyl sites for hydroxylation is 1. The number of nitrogens with one attached hydrogen (secondary N) is 3. The van der Waals surface area contributed by atoms with Crippen LogP contribution in [0.25, 0.3) is 33.4 Å². The lowest BCUT2D eigenvalue weighted by atomic mass is 9.90. The molecular weight excluding hydrogens is 604 g/mol. The highest BCUT2D eigenvalue weighted by Crippen LogP contribution is 2.42. The lowest BCUT2D eigenvalue weighted by Crippen LogP contribution is -2.39. The summed E-state index contributed by atoms with van der Waals surface area (Å²) >= 11 is 5.40. The van der Waals surface area contributed by atoms with Crippen molar-refractivity contribution in [2.75, 3.05) is 11.9 Å². The van der Waals surface area contributed by atoms with Crippen molar-refractivity contribution < 1.29 is 29.3 Å². The van der Waals surface area contributed by atoms with E-state index in [1.165, 1.54) is 41.1 Å². The number of aliphatic hydroxyl groups excluding tert-OH is 1. The van der Waals surface area contributed by atoms with Gasteiger partial charge >= 0.3 is 11.7 Å². The summed E-state index contributed by atoms with van der Waals surface area (Å²) in [4.78, 5) is 50.7. The number of H-pyrrole nitrogens is 1. The Labute approximate surface area is 258 Å². The molecule has 0 bridgehead atoms. The van der Waals surface area contributed by atoms with Crippen molar-refractivity contribution in [1.29, 1.82) is 0 Å². The molecule has 14 heteroatoms. The molecule has 0 spiro atoms. The Kier molecular flexibility index (Phi) is 7.70. The number of carboxylic acid groups (broad SMARTS) is 1. The smallest absolute Gasteiger partial charge is 0.336 e. The second-order valence-corrected chi connectivity index (χ2v) is 11.0. The third-order valence-corrected chi connectivity index (χ3v) is 7.82. The minimum absolute atomic E-state index is 0.0553. The highest BCUT2D eigenvalue weighted by atomic mass is 32.1. The van der Waals surface area contributed by atoms with Gasteiger partial charge in [-0.3, -0.25) is 19.1 Å². The fourth-order valence-electron chi connectivity index (χ4n) is 5.40. The number of carboxylic acids is 1. The van der Waals surface area contributed by atoms with Crippen molar-refractivity contribution in [3.8, 4) is 28.2 Å². The summed E-state index contributed by atoms with van der Waals surface area (Å²) in [5.74, 6) is -1.03. The normalized spacial score (nSPS) is 17.9. The number of aromatic nitrogens is 2. The van der Waals surface area contributed by atoms with Crippen LogP contribution in [0.4, 0.5) is 5.69 Å². The molecule has 1 aliphatic carbocycles. The average molecular weight is 631 g/mol. The van der Waals surface area contributed by atoms with E-state index in [0.29, 0.717) is 33.3 Å². The molecule has 3 aliphatic rings. The molecule has 3 aromatic rings. The van der Waals surface area contributed by atoms with Gasteiger partial charge < -0.3 is 35.1 Å². The van der Waals surface area contributed by atoms with Gasteiger partial charge in [0.1, 0.15) is 29.4 Å². The molecule has 45 heavy (non-hydrogen) atoms. The van der Waals surface area contributed by atoms with Crippen LogP contribution in [-0.4, -0.2) is 54.7 Å². The Bertz CT molecular complexity index is 2140. The highest BCUT2D eigenvalue weighted by molar-refractivity contribution is 7.80. The third kappa shape index (κ3) is 5.81.